The maximum Gasteiger partial charge on any atom is 0.511 e. The predicted molar refractivity (Wildman–Crippen MR) is 159 cm³/mol. The molecule has 1 amide bonds. The minimum atomic E-state index is -4.72. The fourth-order valence-electron chi connectivity index (χ4n) is 4.18. The number of sulfonamides is 1. The van der Waals surface area contributed by atoms with E-state index in [1.54, 1.807) is 49.8 Å². The van der Waals surface area contributed by atoms with E-state index >= 15 is 0 Å². The van der Waals surface area contributed by atoms with Crippen molar-refractivity contribution in [3.05, 3.63) is 71.1 Å². The van der Waals surface area contributed by atoms with Crippen molar-refractivity contribution in [2.24, 2.45) is 11.2 Å². The van der Waals surface area contributed by atoms with Crippen molar-refractivity contribution >= 4 is 22.3 Å². The standard InChI is InChI=1S/C29H33F3N6O9S/c1-18-6-8-21(9-7-18)24-14-25(29(30,31)32)33-37(24)22-10-12-23(13-11-22)48(42,43)34-26(39)44-17-20-15-36(16-20)38(41)35-47-19(2)45-27(40)46-28(3,4)5/h6-14,19-20H,15-17H2,1-5H3,(H,34,39)/b38-35+. The largest absolute Gasteiger partial charge is 0.569 e. The maximum atomic E-state index is 13.5. The number of aryl methyl sites for hydroxylation is 1. The first-order chi connectivity index (χ1) is 22.3. The topological polar surface area (TPSA) is 177 Å². The molecule has 1 aliphatic heterocycles. The zero-order valence-corrected chi connectivity index (χ0v) is 27.2. The van der Waals surface area contributed by atoms with Gasteiger partial charge in [0.2, 0.25) is 5.28 Å². The number of aromatic nitrogens is 2. The first-order valence-electron chi connectivity index (χ1n) is 14.3. The number of amides is 1. The number of hydrogen-bond donors (Lipinski definition) is 1. The van der Waals surface area contributed by atoms with E-state index in [1.807, 2.05) is 6.92 Å². The molecule has 0 spiro atoms. The molecule has 1 unspecified atom stereocenters. The summed E-state index contributed by atoms with van der Waals surface area (Å²) in [5, 5.41) is 20.2. The van der Waals surface area contributed by atoms with Crippen LogP contribution in [0.25, 0.3) is 16.9 Å². The second-order valence-electron chi connectivity index (χ2n) is 11.7. The van der Waals surface area contributed by atoms with Crippen LogP contribution in [-0.2, 0) is 35.2 Å². The molecule has 1 aromatic heterocycles. The summed E-state index contributed by atoms with van der Waals surface area (Å²) in [6, 6.07) is 12.4. The summed E-state index contributed by atoms with van der Waals surface area (Å²) in [6.07, 6.45) is -8.22. The van der Waals surface area contributed by atoms with E-state index in [9.17, 15) is 36.4 Å². The Morgan fingerprint density at radius 2 is 1.73 bits per heavy atom. The van der Waals surface area contributed by atoms with E-state index in [0.717, 1.165) is 28.4 Å². The lowest BCUT2D eigenvalue weighted by Gasteiger charge is -2.33. The quantitative estimate of drug-likeness (QED) is 0.0953. The molecule has 1 aliphatic rings. The summed E-state index contributed by atoms with van der Waals surface area (Å²) < 4.78 is 83.6. The van der Waals surface area contributed by atoms with Crippen LogP contribution in [0.2, 0.25) is 0 Å². The van der Waals surface area contributed by atoms with Gasteiger partial charge in [0, 0.05) is 18.4 Å². The summed E-state index contributed by atoms with van der Waals surface area (Å²) in [5.41, 5.74) is -0.265. The predicted octanol–water partition coefficient (Wildman–Crippen LogP) is 5.32. The highest BCUT2D eigenvalue weighted by Crippen LogP contribution is 2.33. The van der Waals surface area contributed by atoms with Crippen LogP contribution in [0.5, 0.6) is 0 Å². The second kappa shape index (κ2) is 14.0. The summed E-state index contributed by atoms with van der Waals surface area (Å²) in [4.78, 5) is 28.5. The van der Waals surface area contributed by atoms with Crippen molar-refractivity contribution in [3.63, 3.8) is 0 Å². The third kappa shape index (κ3) is 9.49. The van der Waals surface area contributed by atoms with E-state index in [-0.39, 0.29) is 46.9 Å². The Hall–Kier alpha value is -5.07. The number of carbonyl (C=O) groups excluding carboxylic acids is 2. The van der Waals surface area contributed by atoms with Crippen LogP contribution in [0.15, 0.2) is 64.8 Å². The van der Waals surface area contributed by atoms with Gasteiger partial charge < -0.3 is 19.4 Å². The number of rotatable bonds is 10. The van der Waals surface area contributed by atoms with Gasteiger partial charge in [-0.1, -0.05) is 29.8 Å². The molecule has 2 aromatic carbocycles. The van der Waals surface area contributed by atoms with Gasteiger partial charge in [-0.3, -0.25) is 4.84 Å². The smallest absolute Gasteiger partial charge is 0.511 e. The van der Waals surface area contributed by atoms with Gasteiger partial charge in [0.1, 0.15) is 5.60 Å². The number of hydrazine groups is 1. The lowest BCUT2D eigenvalue weighted by atomic mass is 10.0. The number of nitrogens with one attached hydrogen (secondary N) is 1. The molecule has 3 aromatic rings. The fraction of sp³-hybridized carbons (Fsp3) is 0.414. The number of halogens is 3. The average Bonchev–Trinajstić information content (AvgIpc) is 3.41. The van der Waals surface area contributed by atoms with E-state index in [1.165, 1.54) is 24.1 Å². The van der Waals surface area contributed by atoms with Crippen molar-refractivity contribution in [2.45, 2.75) is 57.6 Å². The summed E-state index contributed by atoms with van der Waals surface area (Å²) in [6.45, 7) is 8.03. The Balaban J connectivity index is 1.29. The van der Waals surface area contributed by atoms with Crippen LogP contribution in [-0.4, -0.2) is 72.0 Å². The number of ether oxygens (including phenoxy) is 3. The molecular formula is C29H33F3N6O9S. The molecule has 2 heterocycles. The minimum Gasteiger partial charge on any atom is -0.569 e. The van der Waals surface area contributed by atoms with Crippen molar-refractivity contribution in [1.82, 2.24) is 19.5 Å². The third-order valence-corrected chi connectivity index (χ3v) is 7.83. The molecule has 0 aliphatic carbocycles. The van der Waals surface area contributed by atoms with Crippen LogP contribution in [0, 0.1) is 18.0 Å². The zero-order valence-electron chi connectivity index (χ0n) is 26.4. The lowest BCUT2D eigenvalue weighted by Crippen LogP contribution is -2.52. The molecule has 15 nitrogen and oxygen atoms in total. The van der Waals surface area contributed by atoms with Gasteiger partial charge in [0.25, 0.3) is 16.3 Å². The molecule has 1 N–H and O–H groups in total. The third-order valence-electron chi connectivity index (χ3n) is 6.50. The SMILES string of the molecule is Cc1ccc(-c2cc(C(F)(F)F)nn2-c2ccc(S(=O)(=O)NC(=O)OCC3CN(/[N+]([O-])=N\OC(C)OC(=O)OC(C)(C)C)C3)cc2)cc1. The molecular weight excluding hydrogens is 665 g/mol. The Kier molecular flexibility index (Phi) is 10.4. The van der Waals surface area contributed by atoms with Gasteiger partial charge in [0.05, 0.1) is 40.9 Å². The van der Waals surface area contributed by atoms with Gasteiger partial charge in [-0.05, 0) is 58.0 Å². The van der Waals surface area contributed by atoms with E-state index < -0.39 is 46.0 Å². The number of alkyl halides is 3. The van der Waals surface area contributed by atoms with Crippen molar-refractivity contribution in [2.75, 3.05) is 19.7 Å². The van der Waals surface area contributed by atoms with Crippen molar-refractivity contribution < 1.29 is 55.2 Å². The van der Waals surface area contributed by atoms with Gasteiger partial charge in [-0.2, -0.15) is 18.3 Å². The van der Waals surface area contributed by atoms with E-state index in [0.29, 0.717) is 5.56 Å². The van der Waals surface area contributed by atoms with E-state index in [4.69, 9.17) is 19.0 Å². The summed E-state index contributed by atoms with van der Waals surface area (Å²) in [7, 11) is -4.42. The van der Waals surface area contributed by atoms with Crippen LogP contribution in [0.4, 0.5) is 22.8 Å². The number of benzene rings is 2. The highest BCUT2D eigenvalue weighted by molar-refractivity contribution is 7.90. The monoisotopic (exact) mass is 698 g/mol. The molecule has 0 radical (unpaired) electrons. The molecule has 0 bridgehead atoms. The van der Waals surface area contributed by atoms with Crippen LogP contribution >= 0.6 is 0 Å². The second-order valence-corrected chi connectivity index (χ2v) is 13.4. The highest BCUT2D eigenvalue weighted by Gasteiger charge is 2.36. The van der Waals surface area contributed by atoms with Crippen molar-refractivity contribution in [1.29, 1.82) is 0 Å². The first-order valence-corrected chi connectivity index (χ1v) is 15.8. The Bertz CT molecular complexity index is 1750. The molecule has 19 heteroatoms. The fourth-order valence-corrected chi connectivity index (χ4v) is 5.07. The zero-order chi connectivity index (χ0) is 35.4. The molecule has 1 fully saturated rings. The average molecular weight is 699 g/mol. The molecule has 4 rings (SSSR count). The molecule has 1 saturated heterocycles. The summed E-state index contributed by atoms with van der Waals surface area (Å²) in [5.74, 6) is -0.335. The number of carbonyl (C=O) groups is 2. The van der Waals surface area contributed by atoms with Gasteiger partial charge >= 0.3 is 18.4 Å². The van der Waals surface area contributed by atoms with Crippen molar-refractivity contribution in [3.8, 4) is 16.9 Å². The van der Waals surface area contributed by atoms with E-state index in [2.05, 4.69) is 10.4 Å². The number of hydrogen-bond acceptors (Lipinski definition) is 11. The maximum absolute atomic E-state index is 13.5. The minimum absolute atomic E-state index is 0.0905. The molecule has 0 saturated carbocycles. The van der Waals surface area contributed by atoms with Crippen LogP contribution < -0.4 is 4.72 Å². The number of nitrogens with zero attached hydrogens (tertiary/aromatic N) is 5. The summed E-state index contributed by atoms with van der Waals surface area (Å²) >= 11 is 0. The van der Waals surface area contributed by atoms with Gasteiger partial charge in [-0.15, -0.1) is 5.01 Å². The Labute approximate surface area is 273 Å². The lowest BCUT2D eigenvalue weighted by molar-refractivity contribution is -0.728. The molecule has 260 valence electrons. The Morgan fingerprint density at radius 3 is 2.31 bits per heavy atom. The van der Waals surface area contributed by atoms with Crippen LogP contribution in [0.1, 0.15) is 39.0 Å². The van der Waals surface area contributed by atoms with Gasteiger partial charge in [-0.25, -0.2) is 27.4 Å². The first kappa shape index (κ1) is 35.8. The Morgan fingerprint density at radius 1 is 1.10 bits per heavy atom. The van der Waals surface area contributed by atoms with Crippen LogP contribution in [0.3, 0.4) is 0 Å². The normalized spacial score (nSPS) is 14.9. The molecule has 48 heavy (non-hydrogen) atoms. The van der Waals surface area contributed by atoms with Gasteiger partial charge in [0.15, 0.2) is 5.69 Å². The molecule has 1 atom stereocenters. The highest BCUT2D eigenvalue weighted by atomic mass is 32.2.